The van der Waals surface area contributed by atoms with Crippen molar-refractivity contribution in [2.24, 2.45) is 0 Å². The third-order valence-corrected chi connectivity index (χ3v) is 3.97. The van der Waals surface area contributed by atoms with Crippen LogP contribution in [-0.2, 0) is 13.1 Å². The summed E-state index contributed by atoms with van der Waals surface area (Å²) in [5.74, 6) is -0.171. The number of hydrogen-bond acceptors (Lipinski definition) is 6. The average molecular weight is 339 g/mol. The van der Waals surface area contributed by atoms with Crippen molar-refractivity contribution in [1.82, 2.24) is 24.5 Å². The van der Waals surface area contributed by atoms with E-state index in [1.165, 1.54) is 0 Å². The molecule has 0 aromatic carbocycles. The fraction of sp³-hybridized carbons (Fsp3) is 0.235. The maximum Gasteiger partial charge on any atom is 0.276 e. The Kier molecular flexibility index (Phi) is 4.90. The predicted octanol–water partition coefficient (Wildman–Crippen LogP) is 2.79. The van der Waals surface area contributed by atoms with Gasteiger partial charge in [-0.1, -0.05) is 16.6 Å². The van der Waals surface area contributed by atoms with Crippen molar-refractivity contribution in [1.29, 1.82) is 0 Å². The molecule has 0 aliphatic heterocycles. The van der Waals surface area contributed by atoms with E-state index < -0.39 is 0 Å². The molecule has 0 spiro atoms. The molecule has 7 heteroatoms. The first-order valence-electron chi connectivity index (χ1n) is 7.53. The molecule has 3 heterocycles. The Morgan fingerprint density at radius 1 is 1.00 bits per heavy atom. The van der Waals surface area contributed by atoms with Crippen molar-refractivity contribution in [2.45, 2.75) is 26.9 Å². The van der Waals surface area contributed by atoms with Gasteiger partial charge in [0.2, 0.25) is 0 Å². The maximum absolute atomic E-state index is 12.8. The van der Waals surface area contributed by atoms with Gasteiger partial charge in [0.1, 0.15) is 0 Å². The average Bonchev–Trinajstić information content (AvgIpc) is 3.08. The maximum atomic E-state index is 12.8. The highest BCUT2D eigenvalue weighted by atomic mass is 32.1. The highest BCUT2D eigenvalue weighted by Gasteiger charge is 2.20. The second-order valence-corrected chi connectivity index (χ2v) is 6.10. The van der Waals surface area contributed by atoms with Crippen LogP contribution in [0.3, 0.4) is 0 Å². The molecule has 0 unspecified atom stereocenters. The molecular formula is C17H17N5OS. The molecule has 6 nitrogen and oxygen atoms in total. The van der Waals surface area contributed by atoms with Crippen LogP contribution in [0.1, 0.15) is 33.3 Å². The predicted molar refractivity (Wildman–Crippen MR) is 91.4 cm³/mol. The summed E-state index contributed by atoms with van der Waals surface area (Å²) >= 11 is 1.16. The molecule has 0 aliphatic rings. The standard InChI is InChI=1S/C17H17N5OS/c1-12-5-3-7-14(18-12)9-22(17(23)16-11-24-21-20-16)10-15-8-4-6-13(2)19-15/h3-8,11H,9-10H2,1-2H3. The molecule has 3 rings (SSSR count). The van der Waals surface area contributed by atoms with E-state index in [1.54, 1.807) is 10.3 Å². The Morgan fingerprint density at radius 2 is 1.58 bits per heavy atom. The number of pyridine rings is 2. The zero-order valence-corrected chi connectivity index (χ0v) is 14.3. The normalized spacial score (nSPS) is 10.6. The zero-order chi connectivity index (χ0) is 16.9. The lowest BCUT2D eigenvalue weighted by molar-refractivity contribution is 0.0719. The summed E-state index contributed by atoms with van der Waals surface area (Å²) in [5.41, 5.74) is 3.85. The molecule has 122 valence electrons. The monoisotopic (exact) mass is 339 g/mol. The first-order valence-corrected chi connectivity index (χ1v) is 8.37. The Morgan fingerprint density at radius 3 is 2.04 bits per heavy atom. The number of rotatable bonds is 5. The lowest BCUT2D eigenvalue weighted by Crippen LogP contribution is -2.31. The van der Waals surface area contributed by atoms with Crippen LogP contribution in [0.5, 0.6) is 0 Å². The van der Waals surface area contributed by atoms with E-state index >= 15 is 0 Å². The number of aromatic nitrogens is 4. The SMILES string of the molecule is Cc1cccc(CN(Cc2cccc(C)n2)C(=O)c2csnn2)n1. The molecule has 0 radical (unpaired) electrons. The van der Waals surface area contributed by atoms with Gasteiger partial charge >= 0.3 is 0 Å². The van der Waals surface area contributed by atoms with Crippen molar-refractivity contribution < 1.29 is 4.79 Å². The van der Waals surface area contributed by atoms with Gasteiger partial charge in [-0.3, -0.25) is 14.8 Å². The molecule has 0 N–H and O–H groups in total. The van der Waals surface area contributed by atoms with Gasteiger partial charge in [-0.15, -0.1) is 5.10 Å². The summed E-state index contributed by atoms with van der Waals surface area (Å²) in [6.07, 6.45) is 0. The summed E-state index contributed by atoms with van der Waals surface area (Å²) < 4.78 is 3.78. The fourth-order valence-electron chi connectivity index (χ4n) is 2.39. The zero-order valence-electron chi connectivity index (χ0n) is 13.5. The number of carbonyl (C=O) groups excluding carboxylic acids is 1. The largest absolute Gasteiger partial charge is 0.325 e. The molecular weight excluding hydrogens is 322 g/mol. The summed E-state index contributed by atoms with van der Waals surface area (Å²) in [6.45, 7) is 4.66. The van der Waals surface area contributed by atoms with Crippen molar-refractivity contribution in [3.63, 3.8) is 0 Å². The van der Waals surface area contributed by atoms with E-state index in [0.717, 1.165) is 34.3 Å². The molecule has 0 saturated heterocycles. The van der Waals surface area contributed by atoms with Crippen LogP contribution in [0, 0.1) is 13.8 Å². The topological polar surface area (TPSA) is 71.9 Å². The molecule has 3 aromatic heterocycles. The van der Waals surface area contributed by atoms with Crippen molar-refractivity contribution in [2.75, 3.05) is 0 Å². The molecule has 1 amide bonds. The summed E-state index contributed by atoms with van der Waals surface area (Å²) in [5, 5.41) is 5.55. The Labute approximate surface area is 144 Å². The van der Waals surface area contributed by atoms with Crippen molar-refractivity contribution in [3.8, 4) is 0 Å². The van der Waals surface area contributed by atoms with Crippen LogP contribution < -0.4 is 0 Å². The van der Waals surface area contributed by atoms with Crippen LogP contribution in [0.25, 0.3) is 0 Å². The van der Waals surface area contributed by atoms with Gasteiger partial charge in [0.05, 0.1) is 24.5 Å². The van der Waals surface area contributed by atoms with Crippen molar-refractivity contribution >= 4 is 17.4 Å². The minimum Gasteiger partial charge on any atom is -0.325 e. The summed E-state index contributed by atoms with van der Waals surface area (Å²) in [7, 11) is 0. The van der Waals surface area contributed by atoms with Gasteiger partial charge in [0.25, 0.3) is 5.91 Å². The minimum absolute atomic E-state index is 0.171. The molecule has 3 aromatic rings. The van der Waals surface area contributed by atoms with Crippen molar-refractivity contribution in [3.05, 3.63) is 70.2 Å². The van der Waals surface area contributed by atoms with E-state index in [1.807, 2.05) is 50.2 Å². The molecule has 0 bridgehead atoms. The van der Waals surface area contributed by atoms with Gasteiger partial charge in [0, 0.05) is 16.8 Å². The molecule has 24 heavy (non-hydrogen) atoms. The van der Waals surface area contributed by atoms with Gasteiger partial charge in [0.15, 0.2) is 5.69 Å². The summed E-state index contributed by atoms with van der Waals surface area (Å²) in [4.78, 5) is 23.4. The van der Waals surface area contributed by atoms with Crippen LogP contribution in [-0.4, -0.2) is 30.4 Å². The second-order valence-electron chi connectivity index (χ2n) is 5.49. The van der Waals surface area contributed by atoms with E-state index in [4.69, 9.17) is 0 Å². The quantitative estimate of drug-likeness (QED) is 0.715. The minimum atomic E-state index is -0.171. The van der Waals surface area contributed by atoms with E-state index in [9.17, 15) is 4.79 Å². The molecule has 0 fully saturated rings. The first-order chi connectivity index (χ1) is 11.6. The van der Waals surface area contributed by atoms with Gasteiger partial charge in [-0.25, -0.2) is 0 Å². The van der Waals surface area contributed by atoms with E-state index in [0.29, 0.717) is 18.8 Å². The van der Waals surface area contributed by atoms with E-state index in [-0.39, 0.29) is 5.91 Å². The number of carbonyl (C=O) groups is 1. The molecule has 0 aliphatic carbocycles. The summed E-state index contributed by atoms with van der Waals surface area (Å²) in [6, 6.07) is 11.6. The van der Waals surface area contributed by atoms with Gasteiger partial charge in [-0.05, 0) is 49.6 Å². The Bertz CT molecular complexity index is 787. The van der Waals surface area contributed by atoms with E-state index in [2.05, 4.69) is 19.6 Å². The fourth-order valence-corrected chi connectivity index (χ4v) is 2.82. The number of nitrogens with zero attached hydrogens (tertiary/aromatic N) is 5. The Balaban J connectivity index is 1.87. The third-order valence-electron chi connectivity index (χ3n) is 3.46. The smallest absolute Gasteiger partial charge is 0.276 e. The van der Waals surface area contributed by atoms with Crippen LogP contribution in [0.2, 0.25) is 0 Å². The van der Waals surface area contributed by atoms with Gasteiger partial charge < -0.3 is 4.90 Å². The highest BCUT2D eigenvalue weighted by Crippen LogP contribution is 2.13. The molecule has 0 saturated carbocycles. The lowest BCUT2D eigenvalue weighted by atomic mass is 10.2. The lowest BCUT2D eigenvalue weighted by Gasteiger charge is -2.21. The van der Waals surface area contributed by atoms with Crippen LogP contribution >= 0.6 is 11.5 Å². The van der Waals surface area contributed by atoms with Gasteiger partial charge in [-0.2, -0.15) is 0 Å². The number of hydrogen-bond donors (Lipinski definition) is 0. The van der Waals surface area contributed by atoms with Crippen LogP contribution in [0.15, 0.2) is 41.8 Å². The number of amides is 1. The second kappa shape index (κ2) is 7.27. The molecule has 0 atom stereocenters. The highest BCUT2D eigenvalue weighted by molar-refractivity contribution is 7.03. The van der Waals surface area contributed by atoms with Crippen LogP contribution in [0.4, 0.5) is 0 Å². The first kappa shape index (κ1) is 16.2. The number of aryl methyl sites for hydroxylation is 2. The Hall–Kier alpha value is -2.67. The third kappa shape index (κ3) is 3.99.